The first-order valence-electron chi connectivity index (χ1n) is 9.20. The van der Waals surface area contributed by atoms with Gasteiger partial charge in [-0.2, -0.15) is 0 Å². The molecule has 3 aromatic rings. The molecule has 1 fully saturated rings. The van der Waals surface area contributed by atoms with Crippen LogP contribution in [0.2, 0.25) is 0 Å². The van der Waals surface area contributed by atoms with Gasteiger partial charge in [-0.3, -0.25) is 9.78 Å². The smallest absolute Gasteiger partial charge is 0.273 e. The third-order valence-electron chi connectivity index (χ3n) is 4.87. The van der Waals surface area contributed by atoms with Crippen LogP contribution in [0.25, 0.3) is 10.8 Å². The standard InChI is InChI=1S/C22H21FN2O2/c23-18-7-3-5-16(13-18)14-25(15-19-8-4-12-27-19)22(26)21-20-9-2-1-6-17(20)10-11-24-21/h1-3,5-7,9-11,13,19H,4,8,12,14-15H2. The van der Waals surface area contributed by atoms with Crippen LogP contribution in [0.15, 0.2) is 60.8 Å². The lowest BCUT2D eigenvalue weighted by Crippen LogP contribution is -2.37. The number of carbonyl (C=O) groups is 1. The molecule has 0 N–H and O–H groups in total. The predicted octanol–water partition coefficient (Wildman–Crippen LogP) is 4.20. The molecule has 0 bridgehead atoms. The van der Waals surface area contributed by atoms with E-state index in [2.05, 4.69) is 4.98 Å². The molecular formula is C22H21FN2O2. The molecule has 27 heavy (non-hydrogen) atoms. The fourth-order valence-corrected chi connectivity index (χ4v) is 3.55. The molecule has 4 rings (SSSR count). The van der Waals surface area contributed by atoms with Gasteiger partial charge in [0.2, 0.25) is 0 Å². The first-order valence-corrected chi connectivity index (χ1v) is 9.20. The molecule has 1 unspecified atom stereocenters. The maximum absolute atomic E-state index is 13.6. The Balaban J connectivity index is 1.66. The largest absolute Gasteiger partial charge is 0.376 e. The molecule has 0 radical (unpaired) electrons. The summed E-state index contributed by atoms with van der Waals surface area (Å²) in [5, 5.41) is 1.79. The van der Waals surface area contributed by atoms with E-state index in [1.807, 2.05) is 36.4 Å². The minimum atomic E-state index is -0.305. The molecule has 1 atom stereocenters. The molecule has 1 saturated heterocycles. The third kappa shape index (κ3) is 3.98. The maximum Gasteiger partial charge on any atom is 0.273 e. The van der Waals surface area contributed by atoms with E-state index >= 15 is 0 Å². The van der Waals surface area contributed by atoms with Gasteiger partial charge in [0, 0.05) is 31.3 Å². The monoisotopic (exact) mass is 364 g/mol. The number of rotatable bonds is 5. The summed E-state index contributed by atoms with van der Waals surface area (Å²) in [5.74, 6) is -0.466. The first kappa shape index (κ1) is 17.6. The summed E-state index contributed by atoms with van der Waals surface area (Å²) in [7, 11) is 0. The van der Waals surface area contributed by atoms with Gasteiger partial charge in [0.15, 0.2) is 0 Å². The lowest BCUT2D eigenvalue weighted by Gasteiger charge is -2.26. The molecule has 5 heteroatoms. The van der Waals surface area contributed by atoms with Crippen LogP contribution < -0.4 is 0 Å². The second-order valence-corrected chi connectivity index (χ2v) is 6.83. The van der Waals surface area contributed by atoms with Crippen LogP contribution in [0.4, 0.5) is 4.39 Å². The van der Waals surface area contributed by atoms with E-state index in [1.165, 1.54) is 12.1 Å². The van der Waals surface area contributed by atoms with Crippen molar-refractivity contribution in [3.05, 3.63) is 77.9 Å². The Bertz CT molecular complexity index is 948. The summed E-state index contributed by atoms with van der Waals surface area (Å²) in [4.78, 5) is 19.4. The topological polar surface area (TPSA) is 42.4 Å². The lowest BCUT2D eigenvalue weighted by molar-refractivity contribution is 0.0504. The number of amides is 1. The second-order valence-electron chi connectivity index (χ2n) is 6.83. The van der Waals surface area contributed by atoms with Crippen molar-refractivity contribution in [2.45, 2.75) is 25.5 Å². The zero-order valence-electron chi connectivity index (χ0n) is 15.0. The normalized spacial score (nSPS) is 16.6. The molecule has 138 valence electrons. The van der Waals surface area contributed by atoms with Crippen molar-refractivity contribution in [3.8, 4) is 0 Å². The Kier molecular flexibility index (Phi) is 5.12. The molecule has 0 aliphatic carbocycles. The minimum Gasteiger partial charge on any atom is -0.376 e. The molecular weight excluding hydrogens is 343 g/mol. The number of benzene rings is 2. The van der Waals surface area contributed by atoms with E-state index in [9.17, 15) is 9.18 Å². The zero-order valence-corrected chi connectivity index (χ0v) is 15.0. The second kappa shape index (κ2) is 7.84. The van der Waals surface area contributed by atoms with Gasteiger partial charge in [-0.25, -0.2) is 4.39 Å². The molecule has 1 aliphatic heterocycles. The summed E-state index contributed by atoms with van der Waals surface area (Å²) in [6.45, 7) is 1.51. The van der Waals surface area contributed by atoms with E-state index in [0.717, 1.165) is 35.8 Å². The average molecular weight is 364 g/mol. The number of aromatic nitrogens is 1. The summed E-state index contributed by atoms with van der Waals surface area (Å²) >= 11 is 0. The van der Waals surface area contributed by atoms with Gasteiger partial charge >= 0.3 is 0 Å². The zero-order chi connectivity index (χ0) is 18.6. The molecule has 1 aliphatic rings. The highest BCUT2D eigenvalue weighted by Crippen LogP contribution is 2.21. The van der Waals surface area contributed by atoms with Gasteiger partial charge in [-0.15, -0.1) is 0 Å². The lowest BCUT2D eigenvalue weighted by atomic mass is 10.1. The van der Waals surface area contributed by atoms with Gasteiger partial charge in [0.25, 0.3) is 5.91 Å². The van der Waals surface area contributed by atoms with E-state index < -0.39 is 0 Å². The number of hydrogen-bond acceptors (Lipinski definition) is 3. The fourth-order valence-electron chi connectivity index (χ4n) is 3.55. The van der Waals surface area contributed by atoms with Gasteiger partial charge in [-0.05, 0) is 42.0 Å². The van der Waals surface area contributed by atoms with Crippen LogP contribution in [0, 0.1) is 5.82 Å². The Morgan fingerprint density at radius 1 is 1.19 bits per heavy atom. The van der Waals surface area contributed by atoms with Crippen molar-refractivity contribution in [3.63, 3.8) is 0 Å². The van der Waals surface area contributed by atoms with Crippen LogP contribution >= 0.6 is 0 Å². The summed E-state index contributed by atoms with van der Waals surface area (Å²) in [5.41, 5.74) is 1.17. The summed E-state index contributed by atoms with van der Waals surface area (Å²) in [6, 6.07) is 16.0. The third-order valence-corrected chi connectivity index (χ3v) is 4.87. The molecule has 2 aromatic carbocycles. The number of hydrogen-bond donors (Lipinski definition) is 0. The van der Waals surface area contributed by atoms with Gasteiger partial charge in [-0.1, -0.05) is 36.4 Å². The highest BCUT2D eigenvalue weighted by atomic mass is 19.1. The number of halogens is 1. The van der Waals surface area contributed by atoms with E-state index in [1.54, 1.807) is 17.2 Å². The van der Waals surface area contributed by atoms with Gasteiger partial charge in [0.05, 0.1) is 6.10 Å². The quantitative estimate of drug-likeness (QED) is 0.682. The van der Waals surface area contributed by atoms with Crippen LogP contribution in [-0.2, 0) is 11.3 Å². The molecule has 0 saturated carbocycles. The van der Waals surface area contributed by atoms with Crippen molar-refractivity contribution in [2.75, 3.05) is 13.2 Å². The molecule has 4 nitrogen and oxygen atoms in total. The van der Waals surface area contributed by atoms with Crippen LogP contribution in [0.5, 0.6) is 0 Å². The highest BCUT2D eigenvalue weighted by molar-refractivity contribution is 6.05. The predicted molar refractivity (Wildman–Crippen MR) is 102 cm³/mol. The van der Waals surface area contributed by atoms with Crippen molar-refractivity contribution < 1.29 is 13.9 Å². The molecule has 1 amide bonds. The summed E-state index contributed by atoms with van der Waals surface area (Å²) in [6.07, 6.45) is 3.59. The highest BCUT2D eigenvalue weighted by Gasteiger charge is 2.25. The van der Waals surface area contributed by atoms with E-state index in [-0.39, 0.29) is 17.8 Å². The number of pyridine rings is 1. The Labute approximate surface area is 157 Å². The van der Waals surface area contributed by atoms with E-state index in [4.69, 9.17) is 4.74 Å². The van der Waals surface area contributed by atoms with Crippen molar-refractivity contribution >= 4 is 16.7 Å². The number of ether oxygens (including phenoxy) is 1. The SMILES string of the molecule is O=C(c1nccc2ccccc12)N(Cc1cccc(F)c1)CC1CCCO1. The molecule has 1 aromatic heterocycles. The number of nitrogens with zero attached hydrogens (tertiary/aromatic N) is 2. The Morgan fingerprint density at radius 2 is 2.07 bits per heavy atom. The van der Waals surface area contributed by atoms with Crippen molar-refractivity contribution in [1.29, 1.82) is 0 Å². The van der Waals surface area contributed by atoms with Crippen molar-refractivity contribution in [2.24, 2.45) is 0 Å². The van der Waals surface area contributed by atoms with Crippen LogP contribution in [0.1, 0.15) is 28.9 Å². The van der Waals surface area contributed by atoms with Gasteiger partial charge in [0.1, 0.15) is 11.5 Å². The Hall–Kier alpha value is -2.79. The molecule has 0 spiro atoms. The van der Waals surface area contributed by atoms with Crippen LogP contribution in [0.3, 0.4) is 0 Å². The minimum absolute atomic E-state index is 0.0116. The fraction of sp³-hybridized carbons (Fsp3) is 0.273. The molecule has 2 heterocycles. The maximum atomic E-state index is 13.6. The number of carbonyl (C=O) groups excluding carboxylic acids is 1. The Morgan fingerprint density at radius 3 is 2.89 bits per heavy atom. The number of fused-ring (bicyclic) bond motifs is 1. The first-order chi connectivity index (χ1) is 13.2. The van der Waals surface area contributed by atoms with Gasteiger partial charge < -0.3 is 9.64 Å². The van der Waals surface area contributed by atoms with Crippen molar-refractivity contribution in [1.82, 2.24) is 9.88 Å². The average Bonchev–Trinajstić information content (AvgIpc) is 3.20. The van der Waals surface area contributed by atoms with E-state index in [0.29, 0.717) is 18.8 Å². The van der Waals surface area contributed by atoms with Crippen LogP contribution in [-0.4, -0.2) is 35.0 Å². The summed E-state index contributed by atoms with van der Waals surface area (Å²) < 4.78 is 19.3.